The molecule has 2 aromatic rings. The van der Waals surface area contributed by atoms with Crippen molar-refractivity contribution >= 4 is 28.9 Å². The summed E-state index contributed by atoms with van der Waals surface area (Å²) in [5.74, 6) is 0.737. The number of carbonyl (C=O) groups is 1. The minimum atomic E-state index is -0.366. The number of aromatic hydroxyl groups is 1. The van der Waals surface area contributed by atoms with Crippen LogP contribution in [0.3, 0.4) is 0 Å². The molecule has 0 fully saturated rings. The van der Waals surface area contributed by atoms with Gasteiger partial charge in [0.25, 0.3) is 5.91 Å². The van der Waals surface area contributed by atoms with Gasteiger partial charge in [0.15, 0.2) is 5.11 Å². The molecule has 0 aromatic heterocycles. The number of ether oxygens (including phenoxy) is 1. The largest absolute Gasteiger partial charge is 0.506 e. The van der Waals surface area contributed by atoms with E-state index in [1.807, 2.05) is 13.0 Å². The first-order chi connectivity index (χ1) is 12.4. The molecule has 2 rings (SSSR count). The molecule has 0 spiro atoms. The SMILES string of the molecule is Cc1ccc(O)c(NC(=S)NC(=O)c2ccccc2OCCC(C)C)c1. The van der Waals surface area contributed by atoms with Crippen molar-refractivity contribution in [3.05, 3.63) is 53.6 Å². The van der Waals surface area contributed by atoms with Crippen LogP contribution in [0.5, 0.6) is 11.5 Å². The first kappa shape index (κ1) is 19.7. The van der Waals surface area contributed by atoms with E-state index < -0.39 is 0 Å². The van der Waals surface area contributed by atoms with Gasteiger partial charge in [0, 0.05) is 0 Å². The van der Waals surface area contributed by atoms with Crippen LogP contribution in [0.15, 0.2) is 42.5 Å². The highest BCUT2D eigenvalue weighted by Gasteiger charge is 2.14. The third-order valence-corrected chi connectivity index (χ3v) is 3.92. The highest BCUT2D eigenvalue weighted by atomic mass is 32.1. The van der Waals surface area contributed by atoms with Crippen molar-refractivity contribution in [2.45, 2.75) is 27.2 Å². The molecule has 0 atom stereocenters. The molecule has 3 N–H and O–H groups in total. The summed E-state index contributed by atoms with van der Waals surface area (Å²) in [5, 5.41) is 15.4. The van der Waals surface area contributed by atoms with Gasteiger partial charge < -0.3 is 15.2 Å². The number of hydrogen-bond donors (Lipinski definition) is 3. The van der Waals surface area contributed by atoms with E-state index in [0.29, 0.717) is 29.5 Å². The van der Waals surface area contributed by atoms with Crippen LogP contribution >= 0.6 is 12.2 Å². The number of aryl methyl sites for hydroxylation is 1. The average molecular weight is 372 g/mol. The first-order valence-corrected chi connectivity index (χ1v) is 8.91. The van der Waals surface area contributed by atoms with Gasteiger partial charge in [-0.15, -0.1) is 0 Å². The number of phenols is 1. The van der Waals surface area contributed by atoms with E-state index >= 15 is 0 Å². The maximum absolute atomic E-state index is 12.5. The van der Waals surface area contributed by atoms with Crippen molar-refractivity contribution in [1.82, 2.24) is 5.32 Å². The normalized spacial score (nSPS) is 10.5. The van der Waals surface area contributed by atoms with Crippen molar-refractivity contribution < 1.29 is 14.6 Å². The predicted molar refractivity (Wildman–Crippen MR) is 108 cm³/mol. The lowest BCUT2D eigenvalue weighted by Gasteiger charge is -2.14. The van der Waals surface area contributed by atoms with Gasteiger partial charge >= 0.3 is 0 Å². The van der Waals surface area contributed by atoms with Gasteiger partial charge in [0.05, 0.1) is 17.9 Å². The fourth-order valence-corrected chi connectivity index (χ4v) is 2.46. The van der Waals surface area contributed by atoms with Gasteiger partial charge in [-0.25, -0.2) is 0 Å². The molecule has 26 heavy (non-hydrogen) atoms. The lowest BCUT2D eigenvalue weighted by Crippen LogP contribution is -2.34. The van der Waals surface area contributed by atoms with E-state index in [-0.39, 0.29) is 16.8 Å². The van der Waals surface area contributed by atoms with E-state index in [9.17, 15) is 9.90 Å². The third kappa shape index (κ3) is 5.74. The average Bonchev–Trinajstić information content (AvgIpc) is 2.58. The molecular weight excluding hydrogens is 348 g/mol. The van der Waals surface area contributed by atoms with Crippen LogP contribution in [0.25, 0.3) is 0 Å². The Kier molecular flexibility index (Phi) is 6.97. The molecular formula is C20H24N2O3S. The minimum Gasteiger partial charge on any atom is -0.506 e. The fraction of sp³-hybridized carbons (Fsp3) is 0.300. The molecule has 0 unspecified atom stereocenters. The Hall–Kier alpha value is -2.60. The molecule has 0 aliphatic carbocycles. The lowest BCUT2D eigenvalue weighted by molar-refractivity contribution is 0.0973. The summed E-state index contributed by atoms with van der Waals surface area (Å²) < 4.78 is 5.74. The lowest BCUT2D eigenvalue weighted by atomic mass is 10.1. The molecule has 2 aromatic carbocycles. The van der Waals surface area contributed by atoms with Crippen LogP contribution in [0, 0.1) is 12.8 Å². The minimum absolute atomic E-state index is 0.0598. The molecule has 0 radical (unpaired) electrons. The Morgan fingerprint density at radius 3 is 2.69 bits per heavy atom. The van der Waals surface area contributed by atoms with Crippen molar-refractivity contribution in [3.63, 3.8) is 0 Å². The van der Waals surface area contributed by atoms with E-state index in [1.54, 1.807) is 36.4 Å². The molecule has 0 bridgehead atoms. The van der Waals surface area contributed by atoms with Crippen LogP contribution in [0.2, 0.25) is 0 Å². The van der Waals surface area contributed by atoms with Crippen LogP contribution in [0.1, 0.15) is 36.2 Å². The van der Waals surface area contributed by atoms with Crippen LogP contribution in [-0.4, -0.2) is 22.7 Å². The predicted octanol–water partition coefficient (Wildman–Crippen LogP) is 4.25. The van der Waals surface area contributed by atoms with Crippen molar-refractivity contribution in [3.8, 4) is 11.5 Å². The summed E-state index contributed by atoms with van der Waals surface area (Å²) in [7, 11) is 0. The van der Waals surface area contributed by atoms with E-state index in [0.717, 1.165) is 12.0 Å². The van der Waals surface area contributed by atoms with E-state index in [1.165, 1.54) is 0 Å². The van der Waals surface area contributed by atoms with Gasteiger partial charge in [0.2, 0.25) is 0 Å². The van der Waals surface area contributed by atoms with E-state index in [4.69, 9.17) is 17.0 Å². The zero-order valence-corrected chi connectivity index (χ0v) is 16.0. The summed E-state index contributed by atoms with van der Waals surface area (Å²) in [5.41, 5.74) is 1.81. The molecule has 138 valence electrons. The first-order valence-electron chi connectivity index (χ1n) is 8.50. The Bertz CT molecular complexity index is 790. The maximum atomic E-state index is 12.5. The Labute approximate surface area is 159 Å². The number of hydrogen-bond acceptors (Lipinski definition) is 4. The number of carbonyl (C=O) groups excluding carboxylic acids is 1. The second-order valence-corrected chi connectivity index (χ2v) is 6.86. The number of benzene rings is 2. The summed E-state index contributed by atoms with van der Waals surface area (Å²) >= 11 is 5.19. The van der Waals surface area contributed by atoms with Gasteiger partial charge in [-0.3, -0.25) is 10.1 Å². The molecule has 0 aliphatic heterocycles. The van der Waals surface area contributed by atoms with Gasteiger partial charge in [-0.2, -0.15) is 0 Å². The quantitative estimate of drug-likeness (QED) is 0.522. The topological polar surface area (TPSA) is 70.6 Å². The summed E-state index contributed by atoms with van der Waals surface area (Å²) in [6.07, 6.45) is 0.905. The molecule has 0 saturated carbocycles. The van der Waals surface area contributed by atoms with E-state index in [2.05, 4.69) is 24.5 Å². The Morgan fingerprint density at radius 2 is 1.96 bits per heavy atom. The zero-order valence-electron chi connectivity index (χ0n) is 15.2. The number of anilines is 1. The second-order valence-electron chi connectivity index (χ2n) is 6.46. The molecule has 0 saturated heterocycles. The van der Waals surface area contributed by atoms with Gasteiger partial charge in [-0.1, -0.05) is 32.0 Å². The second kappa shape index (κ2) is 9.20. The standard InChI is InChI=1S/C20H24N2O3S/c1-13(2)10-11-25-18-7-5-4-6-15(18)19(24)22-20(26)21-16-12-14(3)8-9-17(16)23/h4-9,12-13,23H,10-11H2,1-3H3,(H2,21,22,24,26). The highest BCUT2D eigenvalue weighted by molar-refractivity contribution is 7.80. The van der Waals surface area contributed by atoms with Crippen LogP contribution in [-0.2, 0) is 0 Å². The molecule has 0 aliphatic rings. The summed E-state index contributed by atoms with van der Waals surface area (Å²) in [4.78, 5) is 12.5. The zero-order chi connectivity index (χ0) is 19.1. The highest BCUT2D eigenvalue weighted by Crippen LogP contribution is 2.24. The third-order valence-electron chi connectivity index (χ3n) is 3.71. The maximum Gasteiger partial charge on any atom is 0.261 e. The Morgan fingerprint density at radius 1 is 1.23 bits per heavy atom. The molecule has 0 heterocycles. The summed E-state index contributed by atoms with van der Waals surface area (Å²) in [6.45, 7) is 6.68. The number of amides is 1. The Balaban J connectivity index is 2.03. The van der Waals surface area contributed by atoms with Crippen LogP contribution < -0.4 is 15.4 Å². The number of para-hydroxylation sites is 1. The number of nitrogens with one attached hydrogen (secondary N) is 2. The van der Waals surface area contributed by atoms with Crippen molar-refractivity contribution in [2.75, 3.05) is 11.9 Å². The fourth-order valence-electron chi connectivity index (χ4n) is 2.26. The molecule has 6 heteroatoms. The van der Waals surface area contributed by atoms with Crippen LogP contribution in [0.4, 0.5) is 5.69 Å². The number of thiocarbonyl (C=S) groups is 1. The summed E-state index contributed by atoms with van der Waals surface area (Å²) in [6, 6.07) is 12.1. The smallest absolute Gasteiger partial charge is 0.261 e. The van der Waals surface area contributed by atoms with Crippen molar-refractivity contribution in [2.24, 2.45) is 5.92 Å². The number of phenolic OH excluding ortho intramolecular Hbond substituents is 1. The molecule has 5 nitrogen and oxygen atoms in total. The monoisotopic (exact) mass is 372 g/mol. The van der Waals surface area contributed by atoms with Gasteiger partial charge in [0.1, 0.15) is 11.5 Å². The molecule has 1 amide bonds. The van der Waals surface area contributed by atoms with Gasteiger partial charge in [-0.05, 0) is 61.3 Å². The van der Waals surface area contributed by atoms with Crippen molar-refractivity contribution in [1.29, 1.82) is 0 Å². The number of rotatable bonds is 6.